The Kier molecular flexibility index (Phi) is 9.77. The topological polar surface area (TPSA) is 88.9 Å². The highest BCUT2D eigenvalue weighted by molar-refractivity contribution is 7.98. The zero-order valence-corrected chi connectivity index (χ0v) is 20.2. The summed E-state index contributed by atoms with van der Waals surface area (Å²) in [5, 5.41) is 15.6. The maximum absolute atomic E-state index is 12.4. The Labute approximate surface area is 203 Å². The highest BCUT2D eigenvalue weighted by Gasteiger charge is 2.14. The van der Waals surface area contributed by atoms with Crippen molar-refractivity contribution in [3.8, 4) is 0 Å². The summed E-state index contributed by atoms with van der Waals surface area (Å²) in [6, 6.07) is 16.8. The molecule has 33 heavy (non-hydrogen) atoms. The van der Waals surface area contributed by atoms with E-state index in [1.165, 1.54) is 11.8 Å². The van der Waals surface area contributed by atoms with Crippen LogP contribution in [0.15, 0.2) is 59.8 Å². The Morgan fingerprint density at radius 3 is 2.52 bits per heavy atom. The molecule has 1 aromatic heterocycles. The molecule has 0 spiro atoms. The molecule has 0 saturated heterocycles. The zero-order valence-electron chi connectivity index (χ0n) is 18.6. The number of carbonyl (C=O) groups excluding carboxylic acids is 2. The van der Waals surface area contributed by atoms with E-state index in [-0.39, 0.29) is 11.8 Å². The van der Waals surface area contributed by atoms with Crippen LogP contribution < -0.4 is 10.6 Å². The first-order valence-electron chi connectivity index (χ1n) is 11.0. The molecule has 0 bridgehead atoms. The lowest BCUT2D eigenvalue weighted by atomic mass is 10.1. The Balaban J connectivity index is 1.37. The molecule has 0 aliphatic rings. The van der Waals surface area contributed by atoms with Crippen molar-refractivity contribution in [1.82, 2.24) is 20.1 Å². The third-order valence-electron chi connectivity index (χ3n) is 5.00. The molecule has 0 atom stereocenters. The van der Waals surface area contributed by atoms with Gasteiger partial charge in [0.2, 0.25) is 11.9 Å². The minimum atomic E-state index is -0.0897. The molecule has 2 aromatic carbocycles. The number of hydrogen-bond acceptors (Lipinski definition) is 5. The maximum Gasteiger partial charge on any atom is 0.251 e. The summed E-state index contributed by atoms with van der Waals surface area (Å²) < 4.78 is 1.89. The molecule has 174 valence electrons. The number of anilines is 1. The highest BCUT2D eigenvalue weighted by atomic mass is 35.5. The largest absolute Gasteiger partial charge is 0.352 e. The molecule has 1 heterocycles. The Morgan fingerprint density at radius 1 is 1.00 bits per heavy atom. The lowest BCUT2D eigenvalue weighted by Crippen LogP contribution is -2.24. The number of unbranched alkanes of at least 4 members (excludes halogenated alkanes) is 2. The fraction of sp³-hybridized carbons (Fsp3) is 0.333. The SMILES string of the molecule is CCn1c(NC(=O)CCCCCNC(=O)c2ccccc2)nnc1SCc1ccccc1Cl. The zero-order chi connectivity index (χ0) is 23.5. The van der Waals surface area contributed by atoms with Crippen LogP contribution in [0.1, 0.15) is 48.5 Å². The van der Waals surface area contributed by atoms with Crippen LogP contribution in [-0.4, -0.2) is 33.1 Å². The lowest BCUT2D eigenvalue weighted by Gasteiger charge is -2.09. The van der Waals surface area contributed by atoms with Gasteiger partial charge in [0.05, 0.1) is 0 Å². The minimum Gasteiger partial charge on any atom is -0.352 e. The molecule has 0 fully saturated rings. The molecular weight excluding hydrogens is 458 g/mol. The average Bonchev–Trinajstić information content (AvgIpc) is 3.22. The molecule has 3 rings (SSSR count). The van der Waals surface area contributed by atoms with Gasteiger partial charge in [0, 0.05) is 35.8 Å². The van der Waals surface area contributed by atoms with Gasteiger partial charge in [-0.1, -0.05) is 66.2 Å². The van der Waals surface area contributed by atoms with Gasteiger partial charge >= 0.3 is 0 Å². The van der Waals surface area contributed by atoms with Crippen LogP contribution in [0, 0.1) is 0 Å². The molecule has 0 radical (unpaired) electrons. The van der Waals surface area contributed by atoms with E-state index in [0.29, 0.717) is 36.8 Å². The number of halogens is 1. The van der Waals surface area contributed by atoms with Gasteiger partial charge in [0.25, 0.3) is 5.91 Å². The van der Waals surface area contributed by atoms with Gasteiger partial charge in [-0.3, -0.25) is 19.5 Å². The maximum atomic E-state index is 12.4. The third-order valence-corrected chi connectivity index (χ3v) is 6.39. The predicted octanol–water partition coefficient (Wildman–Crippen LogP) is 5.17. The van der Waals surface area contributed by atoms with Gasteiger partial charge in [-0.25, -0.2) is 0 Å². The van der Waals surface area contributed by atoms with Crippen molar-refractivity contribution >= 4 is 41.1 Å². The summed E-state index contributed by atoms with van der Waals surface area (Å²) >= 11 is 7.76. The van der Waals surface area contributed by atoms with Crippen molar-refractivity contribution in [2.45, 2.75) is 50.1 Å². The van der Waals surface area contributed by atoms with Crippen molar-refractivity contribution in [3.05, 3.63) is 70.7 Å². The van der Waals surface area contributed by atoms with Crippen LogP contribution in [0.3, 0.4) is 0 Å². The van der Waals surface area contributed by atoms with E-state index in [9.17, 15) is 9.59 Å². The Bertz CT molecular complexity index is 1060. The number of rotatable bonds is 12. The second kappa shape index (κ2) is 13.0. The van der Waals surface area contributed by atoms with Crippen molar-refractivity contribution in [3.63, 3.8) is 0 Å². The van der Waals surface area contributed by atoms with E-state index < -0.39 is 0 Å². The quantitative estimate of drug-likeness (QED) is 0.273. The first-order valence-corrected chi connectivity index (χ1v) is 12.4. The van der Waals surface area contributed by atoms with Crippen LogP contribution in [0.5, 0.6) is 0 Å². The van der Waals surface area contributed by atoms with Crippen molar-refractivity contribution in [2.24, 2.45) is 0 Å². The molecule has 0 aliphatic heterocycles. The van der Waals surface area contributed by atoms with Crippen LogP contribution in [0.4, 0.5) is 5.95 Å². The lowest BCUT2D eigenvalue weighted by molar-refractivity contribution is -0.116. The van der Waals surface area contributed by atoms with E-state index in [0.717, 1.165) is 35.0 Å². The van der Waals surface area contributed by atoms with E-state index >= 15 is 0 Å². The summed E-state index contributed by atoms with van der Waals surface area (Å²) in [4.78, 5) is 24.3. The first-order chi connectivity index (χ1) is 16.1. The van der Waals surface area contributed by atoms with Gasteiger partial charge in [-0.15, -0.1) is 10.2 Å². The second-order valence-electron chi connectivity index (χ2n) is 7.41. The molecule has 7 nitrogen and oxygen atoms in total. The van der Waals surface area contributed by atoms with Gasteiger partial charge in [-0.05, 0) is 43.5 Å². The van der Waals surface area contributed by atoms with Crippen molar-refractivity contribution in [1.29, 1.82) is 0 Å². The standard InChI is InChI=1S/C24H28ClN5O2S/c1-2-30-23(28-29-24(30)33-17-19-13-8-9-14-20(19)25)27-21(31)15-7-4-10-16-26-22(32)18-11-5-3-6-12-18/h3,5-6,8-9,11-14H,2,4,7,10,15-17H2,1H3,(H,26,32)(H,27,28,31). The van der Waals surface area contributed by atoms with Crippen molar-refractivity contribution in [2.75, 3.05) is 11.9 Å². The minimum absolute atomic E-state index is 0.0737. The van der Waals surface area contributed by atoms with Gasteiger partial charge in [0.15, 0.2) is 5.16 Å². The molecule has 0 aliphatic carbocycles. The highest BCUT2D eigenvalue weighted by Crippen LogP contribution is 2.27. The summed E-state index contributed by atoms with van der Waals surface area (Å²) in [6.45, 7) is 3.22. The average molecular weight is 486 g/mol. The van der Waals surface area contributed by atoms with Crippen LogP contribution in [0.2, 0.25) is 5.02 Å². The number of carbonyl (C=O) groups is 2. The Hall–Kier alpha value is -2.84. The number of amides is 2. The van der Waals surface area contributed by atoms with E-state index in [2.05, 4.69) is 20.8 Å². The molecule has 0 saturated carbocycles. The number of benzene rings is 2. The van der Waals surface area contributed by atoms with Crippen LogP contribution in [-0.2, 0) is 17.1 Å². The van der Waals surface area contributed by atoms with E-state index in [1.807, 2.05) is 54.0 Å². The van der Waals surface area contributed by atoms with Gasteiger partial charge in [-0.2, -0.15) is 0 Å². The number of hydrogen-bond donors (Lipinski definition) is 2. The number of nitrogens with one attached hydrogen (secondary N) is 2. The summed E-state index contributed by atoms with van der Waals surface area (Å²) in [5.41, 5.74) is 1.68. The normalized spacial score (nSPS) is 10.7. The van der Waals surface area contributed by atoms with Crippen molar-refractivity contribution < 1.29 is 9.59 Å². The molecule has 9 heteroatoms. The summed E-state index contributed by atoms with van der Waals surface area (Å²) in [6.07, 6.45) is 2.80. The predicted molar refractivity (Wildman–Crippen MR) is 133 cm³/mol. The molecule has 3 aromatic rings. The van der Waals surface area contributed by atoms with E-state index in [4.69, 9.17) is 11.6 Å². The number of nitrogens with zero attached hydrogens (tertiary/aromatic N) is 3. The fourth-order valence-electron chi connectivity index (χ4n) is 3.20. The summed E-state index contributed by atoms with van der Waals surface area (Å²) in [5.74, 6) is 0.967. The molecule has 2 amide bonds. The van der Waals surface area contributed by atoms with Crippen LogP contribution in [0.25, 0.3) is 0 Å². The number of aromatic nitrogens is 3. The van der Waals surface area contributed by atoms with Gasteiger partial charge in [0.1, 0.15) is 0 Å². The molecule has 0 unspecified atom stereocenters. The molecule has 2 N–H and O–H groups in total. The molecular formula is C24H28ClN5O2S. The van der Waals surface area contributed by atoms with Crippen LogP contribution >= 0.6 is 23.4 Å². The monoisotopic (exact) mass is 485 g/mol. The first kappa shape index (κ1) is 24.8. The summed E-state index contributed by atoms with van der Waals surface area (Å²) in [7, 11) is 0. The van der Waals surface area contributed by atoms with Gasteiger partial charge < -0.3 is 5.32 Å². The smallest absolute Gasteiger partial charge is 0.251 e. The second-order valence-corrected chi connectivity index (χ2v) is 8.76. The fourth-order valence-corrected chi connectivity index (χ4v) is 4.49. The third kappa shape index (κ3) is 7.61. The Morgan fingerprint density at radius 2 is 1.76 bits per heavy atom. The van der Waals surface area contributed by atoms with E-state index in [1.54, 1.807) is 12.1 Å². The number of thioether (sulfide) groups is 1.